The van der Waals surface area contributed by atoms with E-state index < -0.39 is 0 Å². The van der Waals surface area contributed by atoms with Crippen LogP contribution in [0.25, 0.3) is 0 Å². The van der Waals surface area contributed by atoms with Crippen molar-refractivity contribution >= 4 is 28.6 Å². The topological polar surface area (TPSA) is 52.3 Å². The van der Waals surface area contributed by atoms with E-state index in [-0.39, 0.29) is 9.89 Å². The van der Waals surface area contributed by atoms with Crippen LogP contribution in [-0.2, 0) is 9.53 Å². The fraction of sp³-hybridized carbons (Fsp3) is 0.857. The SMILES string of the molecule is CCCCOC(=O)C(I)CN. The number of alkyl halides is 1. The minimum atomic E-state index is -0.193. The van der Waals surface area contributed by atoms with Gasteiger partial charge in [-0.15, -0.1) is 0 Å². The number of hydrogen-bond acceptors (Lipinski definition) is 3. The second kappa shape index (κ2) is 6.84. The summed E-state index contributed by atoms with van der Waals surface area (Å²) in [5.41, 5.74) is 5.27. The summed E-state index contributed by atoms with van der Waals surface area (Å²) in [4.78, 5) is 10.9. The third-order valence-electron chi connectivity index (χ3n) is 1.20. The highest BCUT2D eigenvalue weighted by Gasteiger charge is 2.12. The highest BCUT2D eigenvalue weighted by Crippen LogP contribution is 2.01. The lowest BCUT2D eigenvalue weighted by molar-refractivity contribution is -0.142. The number of hydrogen-bond donors (Lipinski definition) is 1. The smallest absolute Gasteiger partial charge is 0.320 e. The molecule has 0 aromatic carbocycles. The number of esters is 1. The lowest BCUT2D eigenvalue weighted by Gasteiger charge is -2.06. The van der Waals surface area contributed by atoms with Crippen LogP contribution in [-0.4, -0.2) is 23.0 Å². The van der Waals surface area contributed by atoms with E-state index in [1.165, 1.54) is 0 Å². The molecule has 0 spiro atoms. The molecule has 2 N–H and O–H groups in total. The Morgan fingerprint density at radius 3 is 2.82 bits per heavy atom. The van der Waals surface area contributed by atoms with Gasteiger partial charge in [-0.25, -0.2) is 0 Å². The van der Waals surface area contributed by atoms with Gasteiger partial charge in [-0.1, -0.05) is 35.9 Å². The monoisotopic (exact) mass is 271 g/mol. The largest absolute Gasteiger partial charge is 0.465 e. The van der Waals surface area contributed by atoms with E-state index in [9.17, 15) is 4.79 Å². The van der Waals surface area contributed by atoms with Crippen molar-refractivity contribution in [3.05, 3.63) is 0 Å². The first kappa shape index (κ1) is 11.2. The van der Waals surface area contributed by atoms with Crippen LogP contribution in [0.3, 0.4) is 0 Å². The van der Waals surface area contributed by atoms with Crippen molar-refractivity contribution in [1.82, 2.24) is 0 Å². The van der Waals surface area contributed by atoms with Crippen LogP contribution in [0.15, 0.2) is 0 Å². The molecule has 3 nitrogen and oxygen atoms in total. The molecule has 0 aromatic heterocycles. The fourth-order valence-corrected chi connectivity index (χ4v) is 0.684. The summed E-state index contributed by atoms with van der Waals surface area (Å²) in [5.74, 6) is -0.193. The van der Waals surface area contributed by atoms with E-state index in [1.807, 2.05) is 22.6 Å². The van der Waals surface area contributed by atoms with Crippen molar-refractivity contribution in [2.45, 2.75) is 23.7 Å². The van der Waals surface area contributed by atoms with Gasteiger partial charge in [0.1, 0.15) is 3.92 Å². The number of halogens is 1. The molecule has 1 unspecified atom stereocenters. The van der Waals surface area contributed by atoms with Crippen molar-refractivity contribution in [3.63, 3.8) is 0 Å². The van der Waals surface area contributed by atoms with Gasteiger partial charge in [0.15, 0.2) is 0 Å². The molecule has 0 radical (unpaired) electrons. The summed E-state index contributed by atoms with van der Waals surface area (Å²) in [6.07, 6.45) is 1.97. The Bertz CT molecular complexity index is 119. The summed E-state index contributed by atoms with van der Waals surface area (Å²) in [6, 6.07) is 0. The quantitative estimate of drug-likeness (QED) is 0.352. The van der Waals surface area contributed by atoms with Gasteiger partial charge in [0.05, 0.1) is 6.61 Å². The van der Waals surface area contributed by atoms with E-state index >= 15 is 0 Å². The average Bonchev–Trinajstić information content (AvgIpc) is 2.03. The Balaban J connectivity index is 3.36. The van der Waals surface area contributed by atoms with Crippen LogP contribution in [0.1, 0.15) is 19.8 Å². The highest BCUT2D eigenvalue weighted by molar-refractivity contribution is 14.1. The maximum atomic E-state index is 10.9. The molecule has 0 fully saturated rings. The third kappa shape index (κ3) is 5.43. The van der Waals surface area contributed by atoms with E-state index in [1.54, 1.807) is 0 Å². The second-order valence-electron chi connectivity index (χ2n) is 2.22. The predicted molar refractivity (Wildman–Crippen MR) is 52.7 cm³/mol. The molecule has 0 aliphatic rings. The minimum absolute atomic E-state index is 0.190. The van der Waals surface area contributed by atoms with E-state index in [0.29, 0.717) is 13.2 Å². The van der Waals surface area contributed by atoms with Gasteiger partial charge >= 0.3 is 5.97 Å². The molecule has 0 amide bonds. The first-order valence-electron chi connectivity index (χ1n) is 3.73. The molecular weight excluding hydrogens is 257 g/mol. The van der Waals surface area contributed by atoms with E-state index in [2.05, 4.69) is 6.92 Å². The Morgan fingerprint density at radius 2 is 2.36 bits per heavy atom. The highest BCUT2D eigenvalue weighted by atomic mass is 127. The Labute approximate surface area is 80.8 Å². The first-order valence-corrected chi connectivity index (χ1v) is 4.97. The Kier molecular flexibility index (Phi) is 6.94. The first-order chi connectivity index (χ1) is 5.22. The lowest BCUT2D eigenvalue weighted by Crippen LogP contribution is -2.25. The van der Waals surface area contributed by atoms with Crippen molar-refractivity contribution in [2.75, 3.05) is 13.2 Å². The second-order valence-corrected chi connectivity index (χ2v) is 3.73. The zero-order valence-corrected chi connectivity index (χ0v) is 8.84. The van der Waals surface area contributed by atoms with Crippen LogP contribution in [0, 0.1) is 0 Å². The Morgan fingerprint density at radius 1 is 1.73 bits per heavy atom. The Hall–Kier alpha value is 0.160. The molecule has 0 aromatic rings. The zero-order valence-electron chi connectivity index (χ0n) is 6.68. The average molecular weight is 271 g/mol. The van der Waals surface area contributed by atoms with Crippen LogP contribution in [0.2, 0.25) is 0 Å². The van der Waals surface area contributed by atoms with Crippen LogP contribution in [0.4, 0.5) is 0 Å². The summed E-state index contributed by atoms with van der Waals surface area (Å²) in [5, 5.41) is 0. The molecule has 1 atom stereocenters. The van der Waals surface area contributed by atoms with Crippen LogP contribution < -0.4 is 5.73 Å². The van der Waals surface area contributed by atoms with Crippen LogP contribution in [0.5, 0.6) is 0 Å². The van der Waals surface area contributed by atoms with Gasteiger partial charge in [-0.2, -0.15) is 0 Å². The molecule has 0 rings (SSSR count). The molecule has 0 bridgehead atoms. The number of unbranched alkanes of at least 4 members (excludes halogenated alkanes) is 1. The van der Waals surface area contributed by atoms with Gasteiger partial charge < -0.3 is 10.5 Å². The molecule has 0 saturated heterocycles. The summed E-state index contributed by atoms with van der Waals surface area (Å²) in [6.45, 7) is 2.93. The van der Waals surface area contributed by atoms with E-state index in [0.717, 1.165) is 12.8 Å². The van der Waals surface area contributed by atoms with E-state index in [4.69, 9.17) is 10.5 Å². The maximum Gasteiger partial charge on any atom is 0.320 e. The molecule has 0 aliphatic carbocycles. The van der Waals surface area contributed by atoms with Crippen molar-refractivity contribution < 1.29 is 9.53 Å². The molecule has 4 heteroatoms. The summed E-state index contributed by atoms with van der Waals surface area (Å²) in [7, 11) is 0. The predicted octanol–water partition coefficient (Wildman–Crippen LogP) is 1.09. The van der Waals surface area contributed by atoms with Gasteiger partial charge in [-0.3, -0.25) is 4.79 Å². The number of carbonyl (C=O) groups excluding carboxylic acids is 1. The number of carbonyl (C=O) groups is 1. The van der Waals surface area contributed by atoms with Gasteiger partial charge in [0.2, 0.25) is 0 Å². The van der Waals surface area contributed by atoms with Crippen molar-refractivity contribution in [3.8, 4) is 0 Å². The van der Waals surface area contributed by atoms with Crippen molar-refractivity contribution in [1.29, 1.82) is 0 Å². The van der Waals surface area contributed by atoms with Gasteiger partial charge in [0, 0.05) is 6.54 Å². The summed E-state index contributed by atoms with van der Waals surface area (Å²) < 4.78 is 4.72. The molecule has 66 valence electrons. The standard InChI is InChI=1S/C7H14INO2/c1-2-3-4-11-7(10)6(8)5-9/h6H,2-5,9H2,1H3. The molecule has 0 aliphatic heterocycles. The maximum absolute atomic E-state index is 10.9. The molecule has 0 saturated carbocycles. The fourth-order valence-electron chi connectivity index (χ4n) is 0.504. The summed E-state index contributed by atoms with van der Waals surface area (Å²) >= 11 is 1.98. The number of nitrogens with two attached hydrogens (primary N) is 1. The van der Waals surface area contributed by atoms with Crippen molar-refractivity contribution in [2.24, 2.45) is 5.73 Å². The lowest BCUT2D eigenvalue weighted by atomic mass is 10.3. The number of rotatable bonds is 5. The zero-order chi connectivity index (χ0) is 8.69. The third-order valence-corrected chi connectivity index (χ3v) is 2.22. The minimum Gasteiger partial charge on any atom is -0.465 e. The van der Waals surface area contributed by atoms with Gasteiger partial charge in [-0.05, 0) is 6.42 Å². The van der Waals surface area contributed by atoms with Crippen LogP contribution >= 0.6 is 22.6 Å². The molecular formula is C7H14INO2. The molecule has 0 heterocycles. The molecule has 11 heavy (non-hydrogen) atoms. The number of ether oxygens (including phenoxy) is 1. The van der Waals surface area contributed by atoms with Gasteiger partial charge in [0.25, 0.3) is 0 Å². The normalized spacial score (nSPS) is 12.6.